The van der Waals surface area contributed by atoms with E-state index in [0.717, 1.165) is 31.2 Å². The zero-order chi connectivity index (χ0) is 13.7. The van der Waals surface area contributed by atoms with Gasteiger partial charge in [-0.15, -0.1) is 12.4 Å². The van der Waals surface area contributed by atoms with E-state index in [2.05, 4.69) is 5.32 Å². The molecule has 0 spiro atoms. The van der Waals surface area contributed by atoms with Crippen molar-refractivity contribution in [3.8, 4) is 0 Å². The van der Waals surface area contributed by atoms with Crippen LogP contribution in [0, 0.1) is 0 Å². The minimum atomic E-state index is -0.00146. The Kier molecular flexibility index (Phi) is 6.99. The summed E-state index contributed by atoms with van der Waals surface area (Å²) in [6.07, 6.45) is 3.94. The van der Waals surface area contributed by atoms with Crippen LogP contribution in [-0.2, 0) is 11.3 Å². The van der Waals surface area contributed by atoms with Gasteiger partial charge in [-0.25, -0.2) is 0 Å². The number of carbonyl (C=O) groups is 1. The van der Waals surface area contributed by atoms with Gasteiger partial charge in [-0.3, -0.25) is 4.79 Å². The van der Waals surface area contributed by atoms with Crippen molar-refractivity contribution in [3.63, 3.8) is 0 Å². The van der Waals surface area contributed by atoms with Gasteiger partial charge >= 0.3 is 0 Å². The number of rotatable bonds is 4. The summed E-state index contributed by atoms with van der Waals surface area (Å²) in [6.45, 7) is 0.527. The summed E-state index contributed by atoms with van der Waals surface area (Å²) < 4.78 is 5.08. The van der Waals surface area contributed by atoms with Gasteiger partial charge < -0.3 is 15.8 Å². The van der Waals surface area contributed by atoms with Crippen LogP contribution in [0.15, 0.2) is 24.3 Å². The monoisotopic (exact) mass is 298 g/mol. The van der Waals surface area contributed by atoms with Crippen LogP contribution in [0.5, 0.6) is 0 Å². The number of ether oxygens (including phenoxy) is 1. The van der Waals surface area contributed by atoms with Gasteiger partial charge in [0.05, 0.1) is 6.61 Å². The van der Waals surface area contributed by atoms with E-state index in [4.69, 9.17) is 10.5 Å². The van der Waals surface area contributed by atoms with Crippen LogP contribution in [0.1, 0.15) is 41.6 Å². The Hall–Kier alpha value is -1.10. The van der Waals surface area contributed by atoms with E-state index in [0.29, 0.717) is 18.2 Å². The molecule has 0 atom stereocenters. The van der Waals surface area contributed by atoms with Crippen molar-refractivity contribution in [1.82, 2.24) is 5.32 Å². The van der Waals surface area contributed by atoms with Gasteiger partial charge in [0.15, 0.2) is 0 Å². The first-order chi connectivity index (χ1) is 9.19. The molecular weight excluding hydrogens is 276 g/mol. The molecule has 0 aliphatic heterocycles. The maximum Gasteiger partial charge on any atom is 0.251 e. The lowest BCUT2D eigenvalue weighted by atomic mass is 9.91. The SMILES string of the molecule is COCc1cccc(C(=O)NC2CCC(N)CC2)c1.Cl. The molecule has 1 aromatic rings. The second-order valence-corrected chi connectivity index (χ2v) is 5.22. The lowest BCUT2D eigenvalue weighted by Crippen LogP contribution is -2.40. The average molecular weight is 299 g/mol. The molecule has 112 valence electrons. The molecule has 1 aliphatic rings. The van der Waals surface area contributed by atoms with Crippen LogP contribution in [0.4, 0.5) is 0 Å². The van der Waals surface area contributed by atoms with Crippen LogP contribution in [-0.4, -0.2) is 25.1 Å². The molecule has 1 amide bonds. The van der Waals surface area contributed by atoms with Crippen molar-refractivity contribution in [2.45, 2.75) is 44.4 Å². The number of methoxy groups -OCH3 is 1. The molecule has 1 aromatic carbocycles. The minimum Gasteiger partial charge on any atom is -0.380 e. The highest BCUT2D eigenvalue weighted by molar-refractivity contribution is 5.94. The Morgan fingerprint density at radius 2 is 2.05 bits per heavy atom. The molecule has 0 aromatic heterocycles. The van der Waals surface area contributed by atoms with Gasteiger partial charge in [-0.1, -0.05) is 12.1 Å². The predicted octanol–water partition coefficient (Wildman–Crippen LogP) is 2.25. The first-order valence-electron chi connectivity index (χ1n) is 6.83. The van der Waals surface area contributed by atoms with E-state index in [9.17, 15) is 4.79 Å². The number of nitrogens with two attached hydrogens (primary N) is 1. The molecule has 20 heavy (non-hydrogen) atoms. The molecule has 0 bridgehead atoms. The smallest absolute Gasteiger partial charge is 0.251 e. The highest BCUT2D eigenvalue weighted by atomic mass is 35.5. The number of halogens is 1. The summed E-state index contributed by atoms with van der Waals surface area (Å²) in [5.41, 5.74) is 7.58. The third-order valence-corrected chi connectivity index (χ3v) is 3.61. The maximum absolute atomic E-state index is 12.2. The largest absolute Gasteiger partial charge is 0.380 e. The fourth-order valence-electron chi connectivity index (χ4n) is 2.50. The second-order valence-electron chi connectivity index (χ2n) is 5.22. The Bertz CT molecular complexity index is 432. The Morgan fingerprint density at radius 3 is 2.70 bits per heavy atom. The van der Waals surface area contributed by atoms with E-state index < -0.39 is 0 Å². The molecule has 3 N–H and O–H groups in total. The molecule has 1 fully saturated rings. The van der Waals surface area contributed by atoms with Crippen LogP contribution in [0.25, 0.3) is 0 Å². The third-order valence-electron chi connectivity index (χ3n) is 3.61. The van der Waals surface area contributed by atoms with Crippen molar-refractivity contribution in [1.29, 1.82) is 0 Å². The number of carbonyl (C=O) groups excluding carboxylic acids is 1. The normalized spacial score (nSPS) is 21.9. The lowest BCUT2D eigenvalue weighted by Gasteiger charge is -2.26. The van der Waals surface area contributed by atoms with E-state index in [1.165, 1.54) is 0 Å². The average Bonchev–Trinajstić information content (AvgIpc) is 2.42. The molecule has 0 radical (unpaired) electrons. The standard InChI is InChI=1S/C15H22N2O2.ClH/c1-19-10-11-3-2-4-12(9-11)15(18)17-14-7-5-13(16)6-8-14;/h2-4,9,13-14H,5-8,10,16H2,1H3,(H,17,18);1H. The van der Waals surface area contributed by atoms with E-state index >= 15 is 0 Å². The number of hydrogen-bond acceptors (Lipinski definition) is 3. The molecule has 2 rings (SSSR count). The first-order valence-corrected chi connectivity index (χ1v) is 6.83. The highest BCUT2D eigenvalue weighted by Gasteiger charge is 2.20. The van der Waals surface area contributed by atoms with Crippen LogP contribution in [0.3, 0.4) is 0 Å². The third kappa shape index (κ3) is 4.78. The predicted molar refractivity (Wildman–Crippen MR) is 82.1 cm³/mol. The summed E-state index contributed by atoms with van der Waals surface area (Å²) >= 11 is 0. The van der Waals surface area contributed by atoms with Crippen LogP contribution >= 0.6 is 12.4 Å². The lowest BCUT2D eigenvalue weighted by molar-refractivity contribution is 0.0925. The Labute approximate surface area is 126 Å². The molecule has 4 nitrogen and oxygen atoms in total. The molecule has 1 aliphatic carbocycles. The quantitative estimate of drug-likeness (QED) is 0.896. The van der Waals surface area contributed by atoms with Gasteiger partial charge in [-0.2, -0.15) is 0 Å². The topological polar surface area (TPSA) is 64.3 Å². The number of benzene rings is 1. The Balaban J connectivity index is 0.00000200. The van der Waals surface area contributed by atoms with Crippen molar-refractivity contribution in [3.05, 3.63) is 35.4 Å². The minimum absolute atomic E-state index is 0. The molecule has 0 heterocycles. The van der Waals surface area contributed by atoms with E-state index in [1.54, 1.807) is 7.11 Å². The molecule has 5 heteroatoms. The molecule has 1 saturated carbocycles. The van der Waals surface area contributed by atoms with Crippen molar-refractivity contribution in [2.24, 2.45) is 5.73 Å². The fraction of sp³-hybridized carbons (Fsp3) is 0.533. The van der Waals surface area contributed by atoms with E-state index in [-0.39, 0.29) is 24.4 Å². The molecule has 0 unspecified atom stereocenters. The second kappa shape index (κ2) is 8.25. The number of hydrogen-bond donors (Lipinski definition) is 2. The van der Waals surface area contributed by atoms with Crippen molar-refractivity contribution >= 4 is 18.3 Å². The summed E-state index contributed by atoms with van der Waals surface area (Å²) in [4.78, 5) is 12.2. The van der Waals surface area contributed by atoms with E-state index in [1.807, 2.05) is 24.3 Å². The van der Waals surface area contributed by atoms with Gasteiger partial charge in [0.25, 0.3) is 5.91 Å². The number of amides is 1. The van der Waals surface area contributed by atoms with Crippen molar-refractivity contribution in [2.75, 3.05) is 7.11 Å². The summed E-state index contributed by atoms with van der Waals surface area (Å²) in [5.74, 6) is -0.00146. The van der Waals surface area contributed by atoms with Gasteiger partial charge in [0, 0.05) is 24.8 Å². The maximum atomic E-state index is 12.2. The zero-order valence-corrected chi connectivity index (χ0v) is 12.6. The Morgan fingerprint density at radius 1 is 1.35 bits per heavy atom. The van der Waals surface area contributed by atoms with Gasteiger partial charge in [0.1, 0.15) is 0 Å². The van der Waals surface area contributed by atoms with Crippen molar-refractivity contribution < 1.29 is 9.53 Å². The fourth-order valence-corrected chi connectivity index (χ4v) is 2.50. The zero-order valence-electron chi connectivity index (χ0n) is 11.8. The molecule has 0 saturated heterocycles. The summed E-state index contributed by atoms with van der Waals surface area (Å²) in [7, 11) is 1.65. The highest BCUT2D eigenvalue weighted by Crippen LogP contribution is 2.17. The van der Waals surface area contributed by atoms with Crippen LogP contribution in [0.2, 0.25) is 0 Å². The van der Waals surface area contributed by atoms with Crippen LogP contribution < -0.4 is 11.1 Å². The van der Waals surface area contributed by atoms with Gasteiger partial charge in [0.2, 0.25) is 0 Å². The first kappa shape index (κ1) is 17.0. The summed E-state index contributed by atoms with van der Waals surface area (Å²) in [5, 5.41) is 3.09. The van der Waals surface area contributed by atoms with Gasteiger partial charge in [-0.05, 0) is 43.4 Å². The number of nitrogens with one attached hydrogen (secondary N) is 1. The molecular formula is C15H23ClN2O2. The summed E-state index contributed by atoms with van der Waals surface area (Å²) in [6, 6.07) is 8.13.